The first kappa shape index (κ1) is 14.0. The number of fused-ring (bicyclic) bond motifs is 2. The van der Waals surface area contributed by atoms with Gasteiger partial charge in [-0.15, -0.1) is 0 Å². The van der Waals surface area contributed by atoms with E-state index in [1.165, 1.54) is 57.8 Å². The van der Waals surface area contributed by atoms with Crippen LogP contribution >= 0.6 is 0 Å². The van der Waals surface area contributed by atoms with Gasteiger partial charge in [-0.1, -0.05) is 6.42 Å². The van der Waals surface area contributed by atoms with Gasteiger partial charge in [0.1, 0.15) is 0 Å². The average molecular weight is 290 g/mol. The number of rotatable bonds is 4. The maximum atomic E-state index is 12.6. The van der Waals surface area contributed by atoms with E-state index in [2.05, 4.69) is 10.2 Å². The van der Waals surface area contributed by atoms with Crippen molar-refractivity contribution < 1.29 is 4.79 Å². The first-order valence-electron chi connectivity index (χ1n) is 9.32. The molecular weight excluding hydrogens is 260 g/mol. The van der Waals surface area contributed by atoms with Gasteiger partial charge < -0.3 is 10.2 Å². The van der Waals surface area contributed by atoms with Crippen LogP contribution in [-0.2, 0) is 4.79 Å². The highest BCUT2D eigenvalue weighted by atomic mass is 16.2. The van der Waals surface area contributed by atoms with Crippen LogP contribution in [0.2, 0.25) is 0 Å². The maximum Gasteiger partial charge on any atom is 0.224 e. The third-order valence-corrected chi connectivity index (χ3v) is 6.74. The van der Waals surface area contributed by atoms with Crippen molar-refractivity contribution in [2.45, 2.75) is 76.3 Å². The molecule has 0 spiro atoms. The van der Waals surface area contributed by atoms with Crippen molar-refractivity contribution in [1.82, 2.24) is 10.2 Å². The molecule has 21 heavy (non-hydrogen) atoms. The monoisotopic (exact) mass is 290 g/mol. The lowest BCUT2D eigenvalue weighted by Gasteiger charge is -2.31. The molecule has 1 amide bonds. The van der Waals surface area contributed by atoms with E-state index in [0.717, 1.165) is 37.3 Å². The van der Waals surface area contributed by atoms with Gasteiger partial charge in [0.25, 0.3) is 0 Å². The second kappa shape index (κ2) is 5.91. The van der Waals surface area contributed by atoms with Gasteiger partial charge in [-0.2, -0.15) is 0 Å². The van der Waals surface area contributed by atoms with Gasteiger partial charge in [-0.25, -0.2) is 0 Å². The Bertz CT molecular complexity index is 391. The zero-order valence-electron chi connectivity index (χ0n) is 13.2. The van der Waals surface area contributed by atoms with Crippen LogP contribution in [0.15, 0.2) is 0 Å². The molecule has 2 saturated carbocycles. The van der Waals surface area contributed by atoms with Gasteiger partial charge in [-0.05, 0) is 75.7 Å². The number of carbonyl (C=O) groups excluding carboxylic acids is 1. The Morgan fingerprint density at radius 2 is 2.05 bits per heavy atom. The fourth-order valence-corrected chi connectivity index (χ4v) is 5.68. The number of likely N-dealkylation sites (tertiary alicyclic amines) is 1. The van der Waals surface area contributed by atoms with Crippen molar-refractivity contribution >= 4 is 5.91 Å². The van der Waals surface area contributed by atoms with E-state index in [9.17, 15) is 4.79 Å². The van der Waals surface area contributed by atoms with Crippen LogP contribution in [0.5, 0.6) is 0 Å². The van der Waals surface area contributed by atoms with Crippen LogP contribution in [0.3, 0.4) is 0 Å². The number of nitrogens with zero attached hydrogens (tertiary/aromatic N) is 1. The molecule has 2 aliphatic heterocycles. The number of carbonyl (C=O) groups is 1. The van der Waals surface area contributed by atoms with E-state index in [1.54, 1.807) is 0 Å². The first-order chi connectivity index (χ1) is 10.3. The van der Waals surface area contributed by atoms with Gasteiger partial charge in [-0.3, -0.25) is 4.79 Å². The number of amides is 1. The zero-order chi connectivity index (χ0) is 14.2. The van der Waals surface area contributed by atoms with E-state index in [-0.39, 0.29) is 0 Å². The largest absolute Gasteiger partial charge is 0.340 e. The molecule has 118 valence electrons. The van der Waals surface area contributed by atoms with Crippen molar-refractivity contribution in [2.75, 3.05) is 13.1 Å². The third-order valence-electron chi connectivity index (χ3n) is 6.74. The second-order valence-corrected chi connectivity index (χ2v) is 8.05. The maximum absolute atomic E-state index is 12.6. The zero-order valence-corrected chi connectivity index (χ0v) is 13.2. The summed E-state index contributed by atoms with van der Waals surface area (Å²) in [4.78, 5) is 14.9. The SMILES string of the molecule is O=C(CC1CCCN1)N1CCCC1CC1CC2CCC1C2. The van der Waals surface area contributed by atoms with Crippen LogP contribution in [0.25, 0.3) is 0 Å². The van der Waals surface area contributed by atoms with Gasteiger partial charge in [0, 0.05) is 25.0 Å². The van der Waals surface area contributed by atoms with Crippen molar-refractivity contribution in [3.05, 3.63) is 0 Å². The summed E-state index contributed by atoms with van der Waals surface area (Å²) in [6, 6.07) is 1.03. The summed E-state index contributed by atoms with van der Waals surface area (Å²) < 4.78 is 0. The minimum absolute atomic E-state index is 0.431. The minimum Gasteiger partial charge on any atom is -0.340 e. The number of hydrogen-bond donors (Lipinski definition) is 1. The van der Waals surface area contributed by atoms with Gasteiger partial charge >= 0.3 is 0 Å². The summed E-state index contributed by atoms with van der Waals surface area (Å²) in [5.41, 5.74) is 0. The predicted molar refractivity (Wildman–Crippen MR) is 83.9 cm³/mol. The third kappa shape index (κ3) is 2.86. The summed E-state index contributed by atoms with van der Waals surface area (Å²) in [6.45, 7) is 2.13. The van der Waals surface area contributed by atoms with E-state index < -0.39 is 0 Å². The van der Waals surface area contributed by atoms with Crippen molar-refractivity contribution in [3.8, 4) is 0 Å². The second-order valence-electron chi connectivity index (χ2n) is 8.05. The van der Waals surface area contributed by atoms with Crippen LogP contribution in [0.1, 0.15) is 64.2 Å². The highest BCUT2D eigenvalue weighted by Crippen LogP contribution is 2.50. The molecule has 0 aromatic heterocycles. The quantitative estimate of drug-likeness (QED) is 0.863. The molecule has 4 aliphatic rings. The molecule has 3 heteroatoms. The fourth-order valence-electron chi connectivity index (χ4n) is 5.68. The minimum atomic E-state index is 0.431. The van der Waals surface area contributed by atoms with Crippen molar-refractivity contribution in [3.63, 3.8) is 0 Å². The van der Waals surface area contributed by atoms with Gasteiger partial charge in [0.2, 0.25) is 5.91 Å². The molecule has 5 unspecified atom stereocenters. The van der Waals surface area contributed by atoms with Gasteiger partial charge in [0.15, 0.2) is 0 Å². The fraction of sp³-hybridized carbons (Fsp3) is 0.944. The Kier molecular flexibility index (Phi) is 3.95. The topological polar surface area (TPSA) is 32.3 Å². The molecule has 1 N–H and O–H groups in total. The van der Waals surface area contributed by atoms with Crippen molar-refractivity contribution in [1.29, 1.82) is 0 Å². The summed E-state index contributed by atoms with van der Waals surface area (Å²) in [6.07, 6.45) is 12.9. The standard InChI is InChI=1S/C18H30N2O/c21-18(12-16-3-1-7-19-16)20-8-2-4-17(20)11-15-10-13-5-6-14(15)9-13/h13-17,19H,1-12H2. The summed E-state index contributed by atoms with van der Waals surface area (Å²) in [7, 11) is 0. The Labute approximate surface area is 128 Å². The van der Waals surface area contributed by atoms with E-state index in [1.807, 2.05) is 0 Å². The lowest BCUT2D eigenvalue weighted by atomic mass is 9.83. The molecule has 2 bridgehead atoms. The highest BCUT2D eigenvalue weighted by molar-refractivity contribution is 5.77. The smallest absolute Gasteiger partial charge is 0.224 e. The lowest BCUT2D eigenvalue weighted by Crippen LogP contribution is -2.40. The van der Waals surface area contributed by atoms with E-state index in [4.69, 9.17) is 0 Å². The average Bonchev–Trinajstić information content (AvgIpc) is 3.23. The lowest BCUT2D eigenvalue weighted by molar-refractivity contribution is -0.132. The van der Waals surface area contributed by atoms with Crippen LogP contribution < -0.4 is 5.32 Å². The van der Waals surface area contributed by atoms with E-state index >= 15 is 0 Å². The molecule has 3 nitrogen and oxygen atoms in total. The molecule has 2 aliphatic carbocycles. The Balaban J connectivity index is 1.32. The Hall–Kier alpha value is -0.570. The molecule has 4 fully saturated rings. The summed E-state index contributed by atoms with van der Waals surface area (Å²) >= 11 is 0. The van der Waals surface area contributed by atoms with Crippen LogP contribution in [0.4, 0.5) is 0 Å². The van der Waals surface area contributed by atoms with Crippen LogP contribution in [0, 0.1) is 17.8 Å². The number of hydrogen-bond acceptors (Lipinski definition) is 2. The molecule has 0 aromatic rings. The Morgan fingerprint density at radius 1 is 1.10 bits per heavy atom. The molecule has 4 rings (SSSR count). The molecule has 0 radical (unpaired) electrons. The molecule has 2 heterocycles. The summed E-state index contributed by atoms with van der Waals surface area (Å²) in [5.74, 6) is 3.41. The molecule has 5 atom stereocenters. The Morgan fingerprint density at radius 3 is 2.76 bits per heavy atom. The van der Waals surface area contributed by atoms with Crippen molar-refractivity contribution in [2.24, 2.45) is 17.8 Å². The first-order valence-corrected chi connectivity index (χ1v) is 9.32. The van der Waals surface area contributed by atoms with Crippen LogP contribution in [-0.4, -0.2) is 36.0 Å². The van der Waals surface area contributed by atoms with Gasteiger partial charge in [0.05, 0.1) is 0 Å². The summed E-state index contributed by atoms with van der Waals surface area (Å²) in [5, 5.41) is 3.47. The molecule has 0 aromatic carbocycles. The molecule has 2 saturated heterocycles. The highest BCUT2D eigenvalue weighted by Gasteiger charge is 2.42. The van der Waals surface area contributed by atoms with E-state index in [0.29, 0.717) is 18.0 Å². The predicted octanol–water partition coefficient (Wildman–Crippen LogP) is 2.95. The molecular formula is C18H30N2O. The normalized spacial score (nSPS) is 42.1. The number of nitrogens with one attached hydrogen (secondary N) is 1.